The Labute approximate surface area is 141 Å². The van der Waals surface area contributed by atoms with Crippen LogP contribution in [0.2, 0.25) is 0 Å². The summed E-state index contributed by atoms with van der Waals surface area (Å²) in [7, 11) is 0. The van der Waals surface area contributed by atoms with E-state index in [0.29, 0.717) is 6.54 Å². The number of thioether (sulfide) groups is 1. The van der Waals surface area contributed by atoms with Crippen LogP contribution < -0.4 is 5.32 Å². The summed E-state index contributed by atoms with van der Waals surface area (Å²) in [5.74, 6) is 1.11. The van der Waals surface area contributed by atoms with Gasteiger partial charge >= 0.3 is 6.03 Å². The molecule has 1 aromatic rings. The molecule has 7 heteroatoms. The van der Waals surface area contributed by atoms with Gasteiger partial charge in [0.05, 0.1) is 5.69 Å². The summed E-state index contributed by atoms with van der Waals surface area (Å²) < 4.78 is 2.19. The number of aliphatic hydroxyl groups is 1. The van der Waals surface area contributed by atoms with Crippen LogP contribution in [0.4, 0.5) is 4.79 Å². The number of rotatable bonds is 6. The Hall–Kier alpha value is -1.21. The molecule has 0 spiro atoms. The number of aliphatic hydroxyl groups excluding tert-OH is 1. The van der Waals surface area contributed by atoms with Gasteiger partial charge in [0.1, 0.15) is 0 Å². The Morgan fingerprint density at radius 1 is 1.52 bits per heavy atom. The quantitative estimate of drug-likeness (QED) is 0.831. The molecule has 3 rings (SSSR count). The molecule has 0 aliphatic carbocycles. The summed E-state index contributed by atoms with van der Waals surface area (Å²) >= 11 is 1.79. The van der Waals surface area contributed by atoms with Crippen molar-refractivity contribution in [1.82, 2.24) is 19.8 Å². The normalized spacial score (nSPS) is 23.3. The lowest BCUT2D eigenvalue weighted by Gasteiger charge is -2.35. The third-order valence-electron chi connectivity index (χ3n) is 4.88. The molecule has 2 aliphatic heterocycles. The highest BCUT2D eigenvalue weighted by Crippen LogP contribution is 2.33. The van der Waals surface area contributed by atoms with Crippen molar-refractivity contribution in [3.63, 3.8) is 0 Å². The van der Waals surface area contributed by atoms with Gasteiger partial charge in [-0.25, -0.2) is 9.78 Å². The van der Waals surface area contributed by atoms with Gasteiger partial charge in [0.15, 0.2) is 5.16 Å². The van der Waals surface area contributed by atoms with E-state index in [1.165, 1.54) is 0 Å². The second kappa shape index (κ2) is 7.13. The number of amides is 2. The first-order valence-electron chi connectivity index (χ1n) is 8.47. The lowest BCUT2D eigenvalue weighted by molar-refractivity contribution is 0.141. The Balaban J connectivity index is 1.48. The molecule has 0 bridgehead atoms. The van der Waals surface area contributed by atoms with E-state index in [9.17, 15) is 4.79 Å². The smallest absolute Gasteiger partial charge is 0.317 e. The molecule has 1 atom stereocenters. The Kier molecular flexibility index (Phi) is 5.16. The second-order valence-electron chi connectivity index (χ2n) is 6.62. The van der Waals surface area contributed by atoms with Crippen LogP contribution in [0.15, 0.2) is 11.4 Å². The van der Waals surface area contributed by atoms with E-state index in [1.807, 2.05) is 4.90 Å². The lowest BCUT2D eigenvalue weighted by Crippen LogP contribution is -2.50. The van der Waals surface area contributed by atoms with Crippen LogP contribution in [0.1, 0.15) is 38.3 Å². The number of imidazole rings is 1. The number of aromatic nitrogens is 2. The van der Waals surface area contributed by atoms with Crippen LogP contribution >= 0.6 is 11.8 Å². The zero-order chi connectivity index (χ0) is 16.3. The molecule has 0 aromatic carbocycles. The topological polar surface area (TPSA) is 70.4 Å². The predicted molar refractivity (Wildman–Crippen MR) is 90.7 cm³/mol. The van der Waals surface area contributed by atoms with E-state index in [4.69, 9.17) is 5.11 Å². The maximum Gasteiger partial charge on any atom is 0.317 e. The van der Waals surface area contributed by atoms with Gasteiger partial charge in [0.2, 0.25) is 0 Å². The van der Waals surface area contributed by atoms with Gasteiger partial charge in [-0.05, 0) is 32.6 Å². The number of nitrogens with zero attached hydrogens (tertiary/aromatic N) is 3. The number of carbonyl (C=O) groups is 1. The number of aryl methyl sites for hydroxylation is 1. The molecule has 2 aliphatic rings. The van der Waals surface area contributed by atoms with Crippen molar-refractivity contribution in [3.8, 4) is 0 Å². The summed E-state index contributed by atoms with van der Waals surface area (Å²) in [6, 6.07) is 0.0177. The van der Waals surface area contributed by atoms with E-state index in [0.717, 1.165) is 61.8 Å². The fourth-order valence-corrected chi connectivity index (χ4v) is 4.53. The van der Waals surface area contributed by atoms with Crippen molar-refractivity contribution >= 4 is 17.8 Å². The average molecular weight is 338 g/mol. The number of hydrogen-bond acceptors (Lipinski definition) is 4. The Bertz CT molecular complexity index is 541. The van der Waals surface area contributed by atoms with Crippen LogP contribution in [-0.2, 0) is 13.0 Å². The van der Waals surface area contributed by atoms with Crippen molar-refractivity contribution in [1.29, 1.82) is 0 Å². The molecule has 23 heavy (non-hydrogen) atoms. The number of urea groups is 1. The molecule has 1 aromatic heterocycles. The number of hydrogen-bond donors (Lipinski definition) is 2. The fourth-order valence-electron chi connectivity index (χ4n) is 3.56. The standard InChI is InChI=1S/C16H26N4O2S/c1-16(6-3-10-21)5-2-8-20(16)14(22)17-7-4-13-12-19-9-11-23-15(19)18-13/h12,21H,2-11H2,1H3,(H,17,22). The monoisotopic (exact) mass is 338 g/mol. The highest BCUT2D eigenvalue weighted by Gasteiger charge is 2.38. The van der Waals surface area contributed by atoms with Crippen molar-refractivity contribution < 1.29 is 9.90 Å². The van der Waals surface area contributed by atoms with E-state index < -0.39 is 0 Å². The number of carbonyl (C=O) groups excluding carboxylic acids is 1. The molecule has 3 heterocycles. The highest BCUT2D eigenvalue weighted by atomic mass is 32.2. The molecular weight excluding hydrogens is 312 g/mol. The van der Waals surface area contributed by atoms with E-state index in [-0.39, 0.29) is 18.2 Å². The fraction of sp³-hybridized carbons (Fsp3) is 0.750. The Morgan fingerprint density at radius 2 is 2.39 bits per heavy atom. The minimum Gasteiger partial charge on any atom is -0.396 e. The van der Waals surface area contributed by atoms with Crippen LogP contribution in [0.25, 0.3) is 0 Å². The van der Waals surface area contributed by atoms with Gasteiger partial charge in [0, 0.05) is 50.2 Å². The minimum atomic E-state index is -0.112. The first kappa shape index (κ1) is 16.6. The van der Waals surface area contributed by atoms with Crippen molar-refractivity contribution in [2.45, 2.75) is 56.3 Å². The van der Waals surface area contributed by atoms with E-state index in [2.05, 4.69) is 28.0 Å². The SMILES string of the molecule is CC1(CCCO)CCCN1C(=O)NCCc1cn2c(n1)SCC2. The first-order chi connectivity index (χ1) is 11.1. The molecule has 1 saturated heterocycles. The van der Waals surface area contributed by atoms with Crippen LogP contribution in [0, 0.1) is 0 Å². The average Bonchev–Trinajstić information content (AvgIpc) is 3.20. The molecule has 1 fully saturated rings. The highest BCUT2D eigenvalue weighted by molar-refractivity contribution is 7.99. The van der Waals surface area contributed by atoms with Gasteiger partial charge in [-0.1, -0.05) is 11.8 Å². The van der Waals surface area contributed by atoms with E-state index in [1.54, 1.807) is 11.8 Å². The zero-order valence-corrected chi connectivity index (χ0v) is 14.6. The molecule has 2 amide bonds. The molecule has 128 valence electrons. The predicted octanol–water partition coefficient (Wildman–Crippen LogP) is 1.87. The van der Waals surface area contributed by atoms with Crippen molar-refractivity contribution in [2.24, 2.45) is 0 Å². The number of likely N-dealkylation sites (tertiary alicyclic amines) is 1. The molecule has 1 unspecified atom stereocenters. The zero-order valence-electron chi connectivity index (χ0n) is 13.8. The molecule has 0 radical (unpaired) electrons. The molecule has 6 nitrogen and oxygen atoms in total. The number of nitrogens with one attached hydrogen (secondary N) is 1. The summed E-state index contributed by atoms with van der Waals surface area (Å²) in [5, 5.41) is 13.2. The van der Waals surface area contributed by atoms with Crippen molar-refractivity contribution in [3.05, 3.63) is 11.9 Å². The van der Waals surface area contributed by atoms with Crippen molar-refractivity contribution in [2.75, 3.05) is 25.4 Å². The minimum absolute atomic E-state index is 0.0177. The third-order valence-corrected chi connectivity index (χ3v) is 5.85. The van der Waals surface area contributed by atoms with Gasteiger partial charge < -0.3 is 19.9 Å². The number of fused-ring (bicyclic) bond motifs is 1. The maximum atomic E-state index is 12.5. The summed E-state index contributed by atoms with van der Waals surface area (Å²) in [6.07, 6.45) is 6.54. The van der Waals surface area contributed by atoms with Gasteiger partial charge in [-0.2, -0.15) is 0 Å². The molecule has 2 N–H and O–H groups in total. The largest absolute Gasteiger partial charge is 0.396 e. The third kappa shape index (κ3) is 3.66. The summed E-state index contributed by atoms with van der Waals surface area (Å²) in [4.78, 5) is 19.0. The van der Waals surface area contributed by atoms with Crippen LogP contribution in [0.5, 0.6) is 0 Å². The molecular formula is C16H26N4O2S. The van der Waals surface area contributed by atoms with Crippen LogP contribution in [-0.4, -0.2) is 56.6 Å². The van der Waals surface area contributed by atoms with Gasteiger partial charge in [-0.15, -0.1) is 0 Å². The first-order valence-corrected chi connectivity index (χ1v) is 9.46. The van der Waals surface area contributed by atoms with E-state index >= 15 is 0 Å². The van der Waals surface area contributed by atoms with Gasteiger partial charge in [-0.3, -0.25) is 0 Å². The maximum absolute atomic E-state index is 12.5. The molecule has 0 saturated carbocycles. The van der Waals surface area contributed by atoms with Crippen LogP contribution in [0.3, 0.4) is 0 Å². The summed E-state index contributed by atoms with van der Waals surface area (Å²) in [5.41, 5.74) is 0.941. The second-order valence-corrected chi connectivity index (χ2v) is 7.68. The van der Waals surface area contributed by atoms with Gasteiger partial charge in [0.25, 0.3) is 0 Å². The Morgan fingerprint density at radius 3 is 3.17 bits per heavy atom. The lowest BCUT2D eigenvalue weighted by atomic mass is 9.93. The summed E-state index contributed by atoms with van der Waals surface area (Å²) in [6.45, 7) is 4.78.